The number of aldehydes is 1. The van der Waals surface area contributed by atoms with Gasteiger partial charge >= 0.3 is 0 Å². The van der Waals surface area contributed by atoms with Crippen LogP contribution in [0.2, 0.25) is 0 Å². The number of hydrogen-bond acceptors (Lipinski definition) is 5. The van der Waals surface area contributed by atoms with E-state index in [9.17, 15) is 4.79 Å². The van der Waals surface area contributed by atoms with Gasteiger partial charge in [0.05, 0.1) is 5.84 Å². The summed E-state index contributed by atoms with van der Waals surface area (Å²) in [4.78, 5) is 19.9. The highest BCUT2D eigenvalue weighted by Gasteiger charge is 2.18. The fraction of sp³-hybridized carbons (Fsp3) is 0.571. The van der Waals surface area contributed by atoms with Crippen LogP contribution in [0, 0.1) is 11.8 Å². The van der Waals surface area contributed by atoms with Gasteiger partial charge < -0.3 is 19.9 Å². The number of aliphatic imine (C=N–C) groups is 1. The highest BCUT2D eigenvalue weighted by atomic mass is 16.5. The number of allylic oxidation sites excluding steroid dienone is 4. The first-order valence-electron chi connectivity index (χ1n) is 18.2. The molecule has 0 spiro atoms. The fourth-order valence-electron chi connectivity index (χ4n) is 4.68. The number of likely N-dealkylation sites (N-methyl/N-ethyl adjacent to an activating group) is 1. The van der Waals surface area contributed by atoms with Crippen LogP contribution in [0.15, 0.2) is 82.5 Å². The molecule has 2 unspecified atom stereocenters. The van der Waals surface area contributed by atoms with Gasteiger partial charge in [-0.2, -0.15) is 0 Å². The summed E-state index contributed by atoms with van der Waals surface area (Å²) in [5.41, 5.74) is 5.34. The molecule has 48 heavy (non-hydrogen) atoms. The van der Waals surface area contributed by atoms with E-state index < -0.39 is 0 Å². The topological polar surface area (TPSA) is 57.2 Å². The molecule has 2 atom stereocenters. The van der Waals surface area contributed by atoms with E-state index in [4.69, 9.17) is 4.74 Å². The Morgan fingerprint density at radius 1 is 0.938 bits per heavy atom. The molecular formula is C42H70N4O2. The number of nitrogens with one attached hydrogen (secondary N) is 1. The van der Waals surface area contributed by atoms with Crippen molar-refractivity contribution in [3.8, 4) is 5.75 Å². The largest absolute Gasteiger partial charge is 0.489 e. The highest BCUT2D eigenvalue weighted by Crippen LogP contribution is 2.24. The minimum Gasteiger partial charge on any atom is -0.489 e. The number of hydrogen-bond donors (Lipinski definition) is 1. The third-order valence-corrected chi connectivity index (χ3v) is 8.34. The molecule has 0 heterocycles. The molecular weight excluding hydrogens is 592 g/mol. The van der Waals surface area contributed by atoms with Gasteiger partial charge in [-0.15, -0.1) is 0 Å². The number of rotatable bonds is 18. The van der Waals surface area contributed by atoms with Crippen molar-refractivity contribution in [1.82, 2.24) is 10.2 Å². The van der Waals surface area contributed by atoms with Gasteiger partial charge in [-0.25, -0.2) is 0 Å². The van der Waals surface area contributed by atoms with Gasteiger partial charge in [-0.05, 0) is 83.5 Å². The van der Waals surface area contributed by atoms with Crippen molar-refractivity contribution >= 4 is 17.8 Å². The number of carbonyl (C=O) groups is 1. The Balaban J connectivity index is 0.00000104. The van der Waals surface area contributed by atoms with Crippen LogP contribution in [-0.2, 0) is 11.2 Å². The van der Waals surface area contributed by atoms with Crippen LogP contribution in [-0.4, -0.2) is 63.4 Å². The van der Waals surface area contributed by atoms with E-state index >= 15 is 0 Å². The summed E-state index contributed by atoms with van der Waals surface area (Å²) in [5.74, 6) is 3.03. The molecule has 0 saturated heterocycles. The van der Waals surface area contributed by atoms with E-state index in [0.717, 1.165) is 68.5 Å². The van der Waals surface area contributed by atoms with Gasteiger partial charge in [0, 0.05) is 56.3 Å². The van der Waals surface area contributed by atoms with Crippen LogP contribution in [0.25, 0.3) is 0 Å². The first-order valence-corrected chi connectivity index (χ1v) is 18.2. The van der Waals surface area contributed by atoms with E-state index in [2.05, 4.69) is 123 Å². The molecule has 0 aromatic heterocycles. The lowest BCUT2D eigenvalue weighted by molar-refractivity contribution is -0.104. The Labute approximate surface area is 295 Å². The number of anilines is 1. The van der Waals surface area contributed by atoms with Crippen molar-refractivity contribution in [3.63, 3.8) is 0 Å². The molecule has 270 valence electrons. The average Bonchev–Trinajstić information content (AvgIpc) is 3.09. The second-order valence-electron chi connectivity index (χ2n) is 12.8. The maximum Gasteiger partial charge on any atom is 0.151 e. The molecule has 0 saturated carbocycles. The zero-order valence-electron chi connectivity index (χ0n) is 32.9. The lowest BCUT2D eigenvalue weighted by Gasteiger charge is -2.28. The van der Waals surface area contributed by atoms with Crippen molar-refractivity contribution in [1.29, 1.82) is 0 Å². The molecule has 6 nitrogen and oxygen atoms in total. The smallest absolute Gasteiger partial charge is 0.151 e. The Morgan fingerprint density at radius 3 is 2.17 bits per heavy atom. The SMILES string of the molecule is CC.CCC(C)CCN(C)c1cccc(OC(CN(C)CCc2ccccc2)C(C)C)c1.CCN=C(C)N/C(C)=C(C=O)\C=C(\C)CC. The molecule has 0 amide bonds. The molecule has 1 N–H and O–H groups in total. The Morgan fingerprint density at radius 2 is 1.60 bits per heavy atom. The number of ether oxygens (including phenoxy) is 1. The summed E-state index contributed by atoms with van der Waals surface area (Å²) >= 11 is 0. The lowest BCUT2D eigenvalue weighted by atomic mass is 10.1. The molecule has 0 radical (unpaired) electrons. The van der Waals surface area contributed by atoms with Crippen LogP contribution >= 0.6 is 0 Å². The summed E-state index contributed by atoms with van der Waals surface area (Å²) < 4.78 is 6.47. The summed E-state index contributed by atoms with van der Waals surface area (Å²) in [6, 6.07) is 19.3. The molecule has 0 bridgehead atoms. The molecule has 0 aliphatic rings. The minimum absolute atomic E-state index is 0.173. The maximum atomic E-state index is 11.0. The third-order valence-electron chi connectivity index (χ3n) is 8.34. The highest BCUT2D eigenvalue weighted by molar-refractivity contribution is 5.85. The quantitative estimate of drug-likeness (QED) is 0.0566. The van der Waals surface area contributed by atoms with Crippen LogP contribution in [0.4, 0.5) is 5.69 Å². The molecule has 0 aliphatic carbocycles. The summed E-state index contributed by atoms with van der Waals surface area (Å²) in [5, 5.41) is 3.12. The van der Waals surface area contributed by atoms with E-state index in [-0.39, 0.29) is 6.10 Å². The van der Waals surface area contributed by atoms with E-state index in [1.54, 1.807) is 0 Å². The zero-order valence-corrected chi connectivity index (χ0v) is 32.9. The molecule has 0 aliphatic heterocycles. The normalized spacial score (nSPS) is 13.4. The van der Waals surface area contributed by atoms with Gasteiger partial charge in [0.25, 0.3) is 0 Å². The standard InChI is InChI=1S/C27H42N2O.C13H22N2O.C2H6/c1-7-23(4)16-19-29(6)25-14-11-15-26(20-25)30-27(22(2)3)21-28(5)18-17-24-12-9-8-10-13-24;1-6-10(3)8-13(9-16)11(4)15-12(5)14-7-2;1-2/h8-15,20,22-23,27H,7,16-19,21H2,1-6H3;8-9H,6-7H2,1-5H3,(H,14,15);1-2H3/b;10-8-,13-11+;. The van der Waals surface area contributed by atoms with Gasteiger partial charge in [-0.3, -0.25) is 9.79 Å². The summed E-state index contributed by atoms with van der Waals surface area (Å²) in [7, 11) is 4.37. The number of amidine groups is 1. The summed E-state index contributed by atoms with van der Waals surface area (Å²) in [6.45, 7) is 26.7. The number of carbonyl (C=O) groups excluding carboxylic acids is 1. The van der Waals surface area contributed by atoms with Crippen molar-refractivity contribution in [3.05, 3.63) is 83.1 Å². The molecule has 0 fully saturated rings. The first-order chi connectivity index (χ1) is 22.9. The van der Waals surface area contributed by atoms with Crippen LogP contribution in [0.1, 0.15) is 101 Å². The fourth-order valence-corrected chi connectivity index (χ4v) is 4.68. The second-order valence-corrected chi connectivity index (χ2v) is 12.8. The van der Waals surface area contributed by atoms with E-state index in [1.807, 2.05) is 47.6 Å². The third kappa shape index (κ3) is 19.4. The molecule has 6 heteroatoms. The van der Waals surface area contributed by atoms with E-state index in [0.29, 0.717) is 11.5 Å². The molecule has 2 aromatic carbocycles. The van der Waals surface area contributed by atoms with Gasteiger partial charge in [-0.1, -0.05) is 103 Å². The van der Waals surface area contributed by atoms with Gasteiger partial charge in [0.15, 0.2) is 6.29 Å². The molecule has 2 aromatic rings. The van der Waals surface area contributed by atoms with Crippen LogP contribution < -0.4 is 15.0 Å². The lowest BCUT2D eigenvalue weighted by Crippen LogP contribution is -2.37. The van der Waals surface area contributed by atoms with Crippen molar-refractivity contribution < 1.29 is 9.53 Å². The van der Waals surface area contributed by atoms with Gasteiger partial charge in [0.2, 0.25) is 0 Å². The predicted molar refractivity (Wildman–Crippen MR) is 212 cm³/mol. The molecule has 2 rings (SSSR count). The zero-order chi connectivity index (χ0) is 36.5. The van der Waals surface area contributed by atoms with Crippen molar-refractivity contribution in [2.24, 2.45) is 16.8 Å². The Hall–Kier alpha value is -3.38. The number of benzene rings is 2. The minimum atomic E-state index is 0.173. The Kier molecular flexibility index (Phi) is 24.7. The van der Waals surface area contributed by atoms with E-state index in [1.165, 1.54) is 29.7 Å². The summed E-state index contributed by atoms with van der Waals surface area (Å²) in [6.07, 6.45) is 7.44. The van der Waals surface area contributed by atoms with Gasteiger partial charge in [0.1, 0.15) is 11.9 Å². The maximum absolute atomic E-state index is 11.0. The predicted octanol–water partition coefficient (Wildman–Crippen LogP) is 10.0. The average molecular weight is 663 g/mol. The number of nitrogens with zero attached hydrogens (tertiary/aromatic N) is 3. The van der Waals surface area contributed by atoms with Crippen molar-refractivity contribution in [2.75, 3.05) is 45.2 Å². The van der Waals surface area contributed by atoms with Crippen LogP contribution in [0.3, 0.4) is 0 Å². The van der Waals surface area contributed by atoms with Crippen molar-refractivity contribution in [2.45, 2.75) is 108 Å². The Bertz CT molecular complexity index is 1220. The second kappa shape index (κ2) is 26.6. The van der Waals surface area contributed by atoms with Crippen LogP contribution in [0.5, 0.6) is 5.75 Å². The first kappa shape index (κ1) is 44.6. The monoisotopic (exact) mass is 663 g/mol.